The monoisotopic (exact) mass is 526 g/mol. The highest BCUT2D eigenvalue weighted by Crippen LogP contribution is 2.29. The van der Waals surface area contributed by atoms with E-state index in [0.717, 1.165) is 18.2 Å². The maximum Gasteiger partial charge on any atom is 0.321 e. The summed E-state index contributed by atoms with van der Waals surface area (Å²) in [5.74, 6) is -6.67. The van der Waals surface area contributed by atoms with Crippen LogP contribution >= 0.6 is 0 Å². The minimum atomic E-state index is -3.64. The second-order valence-electron chi connectivity index (χ2n) is 9.98. The number of nitrogens with one attached hydrogen (secondary N) is 1. The first-order chi connectivity index (χ1) is 16.7. The molecule has 0 spiro atoms. The Balaban J connectivity index is 1.82. The van der Waals surface area contributed by atoms with Gasteiger partial charge in [0, 0.05) is 39.3 Å². The molecule has 2 atom stereocenters. The number of amides is 1. The van der Waals surface area contributed by atoms with Crippen LogP contribution in [0.25, 0.3) is 11.0 Å². The van der Waals surface area contributed by atoms with Crippen molar-refractivity contribution in [2.24, 2.45) is 0 Å². The zero-order valence-electron chi connectivity index (χ0n) is 20.8. The van der Waals surface area contributed by atoms with Gasteiger partial charge in [0.1, 0.15) is 35.7 Å². The van der Waals surface area contributed by atoms with Gasteiger partial charge in [0.25, 0.3) is 5.91 Å². The molecule has 0 aliphatic carbocycles. The van der Waals surface area contributed by atoms with Crippen molar-refractivity contribution in [2.75, 3.05) is 6.61 Å². The summed E-state index contributed by atoms with van der Waals surface area (Å²) >= 11 is 0. The van der Waals surface area contributed by atoms with Gasteiger partial charge in [-0.2, -0.15) is 8.78 Å². The number of ether oxygens (including phenoxy) is 2. The zero-order chi connectivity index (χ0) is 26.7. The lowest BCUT2D eigenvalue weighted by atomic mass is 10.0. The van der Waals surface area contributed by atoms with E-state index >= 15 is 0 Å². The van der Waals surface area contributed by atoms with E-state index in [0.29, 0.717) is 30.6 Å². The summed E-state index contributed by atoms with van der Waals surface area (Å²) in [5, 5.41) is 10.4. The van der Waals surface area contributed by atoms with Crippen molar-refractivity contribution in [3.63, 3.8) is 0 Å². The molecule has 36 heavy (non-hydrogen) atoms. The van der Waals surface area contributed by atoms with Gasteiger partial charge in [-0.15, -0.1) is 5.10 Å². The molecule has 0 radical (unpaired) electrons. The third-order valence-corrected chi connectivity index (χ3v) is 7.09. The van der Waals surface area contributed by atoms with Crippen molar-refractivity contribution < 1.29 is 31.8 Å². The summed E-state index contributed by atoms with van der Waals surface area (Å²) in [6.07, 6.45) is -1.18. The summed E-state index contributed by atoms with van der Waals surface area (Å²) in [6, 6.07) is 7.52. The number of alkyl halides is 2. The van der Waals surface area contributed by atoms with Crippen molar-refractivity contribution in [3.05, 3.63) is 53.6 Å². The van der Waals surface area contributed by atoms with Crippen LogP contribution in [0.4, 0.5) is 17.6 Å². The molecule has 0 saturated carbocycles. The Hall–Kier alpha value is -2.99. The summed E-state index contributed by atoms with van der Waals surface area (Å²) in [6.45, 7) is 9.48. The molecule has 7 nitrogen and oxygen atoms in total. The molecule has 1 aromatic heterocycles. The second-order valence-corrected chi connectivity index (χ2v) is 15.6. The molecule has 0 unspecified atom stereocenters. The standard InChI is InChI=1S/C24H30F4N4O3Si/c1-15(29-23(33)24(2,27)28)22(16-10-17(25)12-18(26)11-16)35-19-6-7-21-20(13-19)30-31-32(21)14-34-8-9-36(3,4)5/h6-7,10-13,15,22H,8-9,14H2,1-5H3,(H,29,33)/t15-,22-/m0/s1. The van der Waals surface area contributed by atoms with Gasteiger partial charge in [-0.25, -0.2) is 13.5 Å². The molecule has 0 aliphatic rings. The van der Waals surface area contributed by atoms with Crippen molar-refractivity contribution in [3.8, 4) is 5.75 Å². The van der Waals surface area contributed by atoms with E-state index in [9.17, 15) is 22.4 Å². The van der Waals surface area contributed by atoms with Crippen molar-refractivity contribution in [1.29, 1.82) is 0 Å². The average molecular weight is 527 g/mol. The first-order valence-electron chi connectivity index (χ1n) is 11.5. The summed E-state index contributed by atoms with van der Waals surface area (Å²) in [7, 11) is -1.22. The molecule has 3 aromatic rings. The van der Waals surface area contributed by atoms with Crippen LogP contribution in [0.5, 0.6) is 5.75 Å². The number of benzene rings is 2. The normalized spacial score (nSPS) is 14.0. The Labute approximate surface area is 207 Å². The number of nitrogens with zero attached hydrogens (tertiary/aromatic N) is 3. The fourth-order valence-corrected chi connectivity index (χ4v) is 4.16. The number of rotatable bonds is 11. The number of halogens is 4. The molecule has 2 aromatic carbocycles. The van der Waals surface area contributed by atoms with Gasteiger partial charge < -0.3 is 14.8 Å². The number of hydrogen-bond acceptors (Lipinski definition) is 5. The molecule has 1 heterocycles. The van der Waals surface area contributed by atoms with Gasteiger partial charge in [-0.05, 0) is 37.2 Å². The Morgan fingerprint density at radius 3 is 2.42 bits per heavy atom. The molecule has 0 bridgehead atoms. The maximum atomic E-state index is 13.9. The minimum Gasteiger partial charge on any atom is -0.484 e. The maximum absolute atomic E-state index is 13.9. The van der Waals surface area contributed by atoms with E-state index in [1.165, 1.54) is 6.92 Å². The molecule has 12 heteroatoms. The van der Waals surface area contributed by atoms with Crippen molar-refractivity contribution in [1.82, 2.24) is 20.3 Å². The van der Waals surface area contributed by atoms with Crippen LogP contribution in [-0.4, -0.2) is 47.5 Å². The van der Waals surface area contributed by atoms with Gasteiger partial charge >= 0.3 is 5.92 Å². The molecule has 0 aliphatic heterocycles. The van der Waals surface area contributed by atoms with E-state index in [2.05, 4.69) is 35.3 Å². The summed E-state index contributed by atoms with van der Waals surface area (Å²) in [4.78, 5) is 11.8. The van der Waals surface area contributed by atoms with Crippen LogP contribution in [0.2, 0.25) is 25.7 Å². The minimum absolute atomic E-state index is 0.0271. The highest BCUT2D eigenvalue weighted by atomic mass is 28.3. The van der Waals surface area contributed by atoms with E-state index in [1.807, 2.05) is 0 Å². The van der Waals surface area contributed by atoms with Crippen LogP contribution in [0.3, 0.4) is 0 Å². The third-order valence-electron chi connectivity index (χ3n) is 5.38. The third kappa shape index (κ3) is 7.50. The number of fused-ring (bicyclic) bond motifs is 1. The van der Waals surface area contributed by atoms with Gasteiger partial charge in [0.2, 0.25) is 0 Å². The molecule has 0 saturated heterocycles. The predicted molar refractivity (Wildman–Crippen MR) is 130 cm³/mol. The Kier molecular flexibility index (Phi) is 8.39. The van der Waals surface area contributed by atoms with Crippen LogP contribution < -0.4 is 10.1 Å². The number of carbonyl (C=O) groups is 1. The Morgan fingerprint density at radius 1 is 1.14 bits per heavy atom. The summed E-state index contributed by atoms with van der Waals surface area (Å²) in [5.41, 5.74) is 1.18. The molecule has 1 N–H and O–H groups in total. The second kappa shape index (κ2) is 11.0. The fraction of sp³-hybridized carbons (Fsp3) is 0.458. The SMILES string of the molecule is C[C@H](NC(=O)C(C)(F)F)[C@H](Oc1ccc2c(c1)nnn2COCC[Si](C)(C)C)c1cc(F)cc(F)c1. The van der Waals surface area contributed by atoms with Gasteiger partial charge in [-0.3, -0.25) is 4.79 Å². The van der Waals surface area contributed by atoms with Gasteiger partial charge in [-0.1, -0.05) is 24.9 Å². The zero-order valence-corrected chi connectivity index (χ0v) is 21.8. The number of carbonyl (C=O) groups excluding carboxylic acids is 1. The highest BCUT2D eigenvalue weighted by Gasteiger charge is 2.35. The van der Waals surface area contributed by atoms with Crippen molar-refractivity contribution >= 4 is 25.0 Å². The van der Waals surface area contributed by atoms with Crippen LogP contribution in [0.1, 0.15) is 25.5 Å². The predicted octanol–water partition coefficient (Wildman–Crippen LogP) is 5.30. The van der Waals surface area contributed by atoms with Crippen LogP contribution in [-0.2, 0) is 16.3 Å². The topological polar surface area (TPSA) is 78.3 Å². The van der Waals surface area contributed by atoms with Crippen LogP contribution in [0.15, 0.2) is 36.4 Å². The van der Waals surface area contributed by atoms with E-state index in [-0.39, 0.29) is 18.0 Å². The number of aromatic nitrogens is 3. The van der Waals surface area contributed by atoms with E-state index in [1.54, 1.807) is 22.9 Å². The first-order valence-corrected chi connectivity index (χ1v) is 15.2. The highest BCUT2D eigenvalue weighted by molar-refractivity contribution is 6.76. The van der Waals surface area contributed by atoms with E-state index in [4.69, 9.17) is 9.47 Å². The first kappa shape index (κ1) is 27.6. The van der Waals surface area contributed by atoms with Crippen LogP contribution in [0, 0.1) is 11.6 Å². The molecular formula is C24H30F4N4O3Si. The quantitative estimate of drug-likeness (QED) is 0.208. The Bertz CT molecular complexity index is 1190. The fourth-order valence-electron chi connectivity index (χ4n) is 3.40. The lowest BCUT2D eigenvalue weighted by molar-refractivity contribution is -0.144. The molecule has 1 amide bonds. The summed E-state index contributed by atoms with van der Waals surface area (Å²) < 4.78 is 68.0. The molecule has 3 rings (SSSR count). The van der Waals surface area contributed by atoms with Gasteiger partial charge in [0.15, 0.2) is 0 Å². The smallest absolute Gasteiger partial charge is 0.321 e. The molecular weight excluding hydrogens is 496 g/mol. The molecule has 0 fully saturated rings. The largest absolute Gasteiger partial charge is 0.484 e. The molecule has 196 valence electrons. The average Bonchev–Trinajstić information content (AvgIpc) is 3.15. The van der Waals surface area contributed by atoms with E-state index < -0.39 is 43.7 Å². The van der Waals surface area contributed by atoms with Crippen molar-refractivity contribution in [2.45, 2.75) is 64.3 Å². The lowest BCUT2D eigenvalue weighted by Gasteiger charge is -2.27. The Morgan fingerprint density at radius 2 is 1.81 bits per heavy atom. The number of hydrogen-bond donors (Lipinski definition) is 1. The van der Waals surface area contributed by atoms with Gasteiger partial charge in [0.05, 0.1) is 11.6 Å². The lowest BCUT2D eigenvalue weighted by Crippen LogP contribution is -2.46.